The summed E-state index contributed by atoms with van der Waals surface area (Å²) in [5, 5.41) is 12.0. The average Bonchev–Trinajstić information content (AvgIpc) is 2.52. The third-order valence-corrected chi connectivity index (χ3v) is 3.32. The Hall–Kier alpha value is -0.220. The van der Waals surface area contributed by atoms with Crippen LogP contribution in [0.3, 0.4) is 0 Å². The molecule has 1 amide bonds. The maximum atomic E-state index is 10.8. The van der Waals surface area contributed by atoms with Crippen LogP contribution in [0.15, 0.2) is 0 Å². The first-order valence-electron chi connectivity index (χ1n) is 4.19. The van der Waals surface area contributed by atoms with Gasteiger partial charge in [0.15, 0.2) is 0 Å². The quantitative estimate of drug-likeness (QED) is 0.675. The minimum Gasteiger partial charge on any atom is -0.387 e. The average molecular weight is 189 g/mol. The molecule has 0 aromatic carbocycles. The molecule has 1 saturated carbocycles. The predicted molar refractivity (Wildman–Crippen MR) is 50.2 cm³/mol. The van der Waals surface area contributed by atoms with Crippen LogP contribution in [0.4, 0.5) is 0 Å². The van der Waals surface area contributed by atoms with Crippen molar-refractivity contribution in [2.45, 2.75) is 30.6 Å². The van der Waals surface area contributed by atoms with Crippen LogP contribution >= 0.6 is 11.8 Å². The lowest BCUT2D eigenvalue weighted by Crippen LogP contribution is -2.34. The Labute approximate surface area is 76.9 Å². The zero-order valence-corrected chi connectivity index (χ0v) is 8.06. The van der Waals surface area contributed by atoms with Crippen LogP contribution < -0.4 is 5.32 Å². The van der Waals surface area contributed by atoms with Crippen LogP contribution in [0, 0.1) is 0 Å². The van der Waals surface area contributed by atoms with Gasteiger partial charge >= 0.3 is 0 Å². The Bertz CT molecular complexity index is 163. The van der Waals surface area contributed by atoms with E-state index >= 15 is 0 Å². The molecule has 0 aliphatic heterocycles. The molecule has 12 heavy (non-hydrogen) atoms. The van der Waals surface area contributed by atoms with Crippen LogP contribution in [-0.2, 0) is 4.79 Å². The van der Waals surface area contributed by atoms with Gasteiger partial charge < -0.3 is 10.4 Å². The zero-order valence-electron chi connectivity index (χ0n) is 7.25. The van der Waals surface area contributed by atoms with E-state index in [0.29, 0.717) is 11.3 Å². The highest BCUT2D eigenvalue weighted by atomic mass is 32.2. The summed E-state index contributed by atoms with van der Waals surface area (Å²) in [7, 11) is 0. The smallest absolute Gasteiger partial charge is 0.245 e. The highest BCUT2D eigenvalue weighted by molar-refractivity contribution is 7.99. The predicted octanol–water partition coefficient (Wildman–Crippen LogP) is 0.379. The van der Waals surface area contributed by atoms with Crippen molar-refractivity contribution in [3.05, 3.63) is 0 Å². The molecule has 0 aromatic rings. The molecular formula is C8H15NO2S. The van der Waals surface area contributed by atoms with Crippen LogP contribution in [0.5, 0.6) is 0 Å². The summed E-state index contributed by atoms with van der Waals surface area (Å²) in [5.74, 6) is -0.248. The summed E-state index contributed by atoms with van der Waals surface area (Å²) in [5.41, 5.74) is 0. The van der Waals surface area contributed by atoms with E-state index in [9.17, 15) is 4.79 Å². The van der Waals surface area contributed by atoms with E-state index in [2.05, 4.69) is 11.6 Å². The summed E-state index contributed by atoms with van der Waals surface area (Å²) >= 11 is 1.86. The third kappa shape index (κ3) is 2.68. The van der Waals surface area contributed by atoms with E-state index in [1.165, 1.54) is 6.42 Å². The van der Waals surface area contributed by atoms with Gasteiger partial charge in [-0.3, -0.25) is 4.79 Å². The number of thioether (sulfide) groups is 1. The van der Waals surface area contributed by atoms with E-state index < -0.39 is 0 Å². The second-order valence-corrected chi connectivity index (χ2v) is 4.23. The fourth-order valence-corrected chi connectivity index (χ4v) is 2.36. The number of aliphatic hydroxyl groups excluding tert-OH is 1. The first kappa shape index (κ1) is 9.86. The SMILES string of the molecule is CSC1CCC(NC(=O)CO)C1. The molecule has 2 atom stereocenters. The van der Waals surface area contributed by atoms with Gasteiger partial charge in [-0.2, -0.15) is 11.8 Å². The van der Waals surface area contributed by atoms with Crippen molar-refractivity contribution in [2.24, 2.45) is 0 Å². The number of amides is 1. The lowest BCUT2D eigenvalue weighted by Gasteiger charge is -2.10. The van der Waals surface area contributed by atoms with Crippen molar-refractivity contribution >= 4 is 17.7 Å². The fourth-order valence-electron chi connectivity index (χ4n) is 1.56. The molecule has 2 unspecified atom stereocenters. The van der Waals surface area contributed by atoms with Gasteiger partial charge in [0.2, 0.25) is 5.91 Å². The molecule has 0 aromatic heterocycles. The van der Waals surface area contributed by atoms with Gasteiger partial charge in [0.25, 0.3) is 0 Å². The number of nitrogens with one attached hydrogen (secondary N) is 1. The summed E-state index contributed by atoms with van der Waals surface area (Å²) in [6, 6.07) is 0.294. The van der Waals surface area contributed by atoms with Crippen LogP contribution in [0.25, 0.3) is 0 Å². The van der Waals surface area contributed by atoms with Crippen molar-refractivity contribution in [2.75, 3.05) is 12.9 Å². The lowest BCUT2D eigenvalue weighted by molar-refractivity contribution is -0.124. The van der Waals surface area contributed by atoms with Crippen LogP contribution in [-0.4, -0.2) is 35.2 Å². The van der Waals surface area contributed by atoms with Crippen molar-refractivity contribution in [1.29, 1.82) is 0 Å². The Kier molecular flexibility index (Phi) is 3.88. The van der Waals surface area contributed by atoms with E-state index in [1.54, 1.807) is 0 Å². The van der Waals surface area contributed by atoms with Gasteiger partial charge in [0.05, 0.1) is 0 Å². The van der Waals surface area contributed by atoms with Gasteiger partial charge in [-0.05, 0) is 25.5 Å². The van der Waals surface area contributed by atoms with E-state index in [-0.39, 0.29) is 12.5 Å². The monoisotopic (exact) mass is 189 g/mol. The van der Waals surface area contributed by atoms with Gasteiger partial charge in [0, 0.05) is 11.3 Å². The minimum atomic E-state index is -0.388. The van der Waals surface area contributed by atoms with Gasteiger partial charge in [0.1, 0.15) is 6.61 Å². The molecule has 1 aliphatic carbocycles. The van der Waals surface area contributed by atoms with Gasteiger partial charge in [-0.1, -0.05) is 0 Å². The van der Waals surface area contributed by atoms with Gasteiger partial charge in [-0.15, -0.1) is 0 Å². The largest absolute Gasteiger partial charge is 0.387 e. The van der Waals surface area contributed by atoms with Crippen LogP contribution in [0.1, 0.15) is 19.3 Å². The molecule has 4 heteroatoms. The Morgan fingerprint density at radius 2 is 2.42 bits per heavy atom. The lowest BCUT2D eigenvalue weighted by atomic mass is 10.2. The Morgan fingerprint density at radius 3 is 2.92 bits per heavy atom. The highest BCUT2D eigenvalue weighted by Gasteiger charge is 2.24. The number of rotatable bonds is 3. The highest BCUT2D eigenvalue weighted by Crippen LogP contribution is 2.27. The molecular weight excluding hydrogens is 174 g/mol. The molecule has 70 valence electrons. The molecule has 0 heterocycles. The normalized spacial score (nSPS) is 28.8. The van der Waals surface area contributed by atoms with Crippen molar-refractivity contribution in [3.63, 3.8) is 0 Å². The summed E-state index contributed by atoms with van der Waals surface area (Å²) < 4.78 is 0. The molecule has 0 saturated heterocycles. The molecule has 1 aliphatic rings. The minimum absolute atomic E-state index is 0.248. The van der Waals surface area contributed by atoms with E-state index in [0.717, 1.165) is 12.8 Å². The van der Waals surface area contributed by atoms with Crippen molar-refractivity contribution in [1.82, 2.24) is 5.32 Å². The van der Waals surface area contributed by atoms with Crippen LogP contribution in [0.2, 0.25) is 0 Å². The second-order valence-electron chi connectivity index (χ2n) is 3.09. The maximum absolute atomic E-state index is 10.8. The molecule has 1 rings (SSSR count). The third-order valence-electron chi connectivity index (χ3n) is 2.23. The van der Waals surface area contributed by atoms with Gasteiger partial charge in [-0.25, -0.2) is 0 Å². The number of hydrogen-bond acceptors (Lipinski definition) is 3. The maximum Gasteiger partial charge on any atom is 0.245 e. The topological polar surface area (TPSA) is 49.3 Å². The number of carbonyl (C=O) groups excluding carboxylic acids is 1. The first-order valence-corrected chi connectivity index (χ1v) is 5.48. The molecule has 3 nitrogen and oxygen atoms in total. The van der Waals surface area contributed by atoms with E-state index in [1.807, 2.05) is 11.8 Å². The standard InChI is InChI=1S/C8H15NO2S/c1-12-7-3-2-6(4-7)9-8(11)5-10/h6-7,10H,2-5H2,1H3,(H,9,11). The number of aliphatic hydroxyl groups is 1. The second kappa shape index (κ2) is 4.72. The Morgan fingerprint density at radius 1 is 1.67 bits per heavy atom. The first-order chi connectivity index (χ1) is 5.76. The molecule has 2 N–H and O–H groups in total. The summed E-state index contributed by atoms with van der Waals surface area (Å²) in [6.07, 6.45) is 5.38. The molecule has 0 radical (unpaired) electrons. The molecule has 1 fully saturated rings. The van der Waals surface area contributed by atoms with E-state index in [4.69, 9.17) is 5.11 Å². The summed E-state index contributed by atoms with van der Waals surface area (Å²) in [6.45, 7) is -0.388. The fraction of sp³-hybridized carbons (Fsp3) is 0.875. The number of carbonyl (C=O) groups is 1. The van der Waals surface area contributed by atoms with Crippen molar-refractivity contribution < 1.29 is 9.90 Å². The number of hydrogen-bond donors (Lipinski definition) is 2. The molecule has 0 spiro atoms. The zero-order chi connectivity index (χ0) is 8.97. The van der Waals surface area contributed by atoms with Crippen molar-refractivity contribution in [3.8, 4) is 0 Å². The Balaban J connectivity index is 2.23. The molecule has 0 bridgehead atoms. The summed E-state index contributed by atoms with van der Waals surface area (Å²) in [4.78, 5) is 10.8.